The number of hydrogen-bond donors (Lipinski definition) is 3. The minimum Gasteiger partial charge on any atom is -0.492 e. The SMILES string of the molecule is O=C(NCc1cnc2ccccn12)C1CC(COc2ccc3c(c2)OCO3)NN1. The Balaban J connectivity index is 1.11. The normalized spacial score (nSPS) is 20.1. The van der Waals surface area contributed by atoms with Crippen LogP contribution in [0.2, 0.25) is 0 Å². The third kappa shape index (κ3) is 3.69. The molecular formula is C20H21N5O4. The summed E-state index contributed by atoms with van der Waals surface area (Å²) < 4.78 is 18.4. The fraction of sp³-hybridized carbons (Fsp3) is 0.300. The number of imidazole rings is 1. The molecular weight excluding hydrogens is 374 g/mol. The van der Waals surface area contributed by atoms with Crippen molar-refractivity contribution in [1.82, 2.24) is 25.6 Å². The Bertz CT molecular complexity index is 1040. The van der Waals surface area contributed by atoms with Crippen LogP contribution in [-0.2, 0) is 11.3 Å². The minimum atomic E-state index is -0.320. The molecule has 4 heterocycles. The second kappa shape index (κ2) is 7.61. The Kier molecular flexibility index (Phi) is 4.66. The molecule has 1 fully saturated rings. The maximum Gasteiger partial charge on any atom is 0.238 e. The molecule has 3 aromatic rings. The van der Waals surface area contributed by atoms with Crippen molar-refractivity contribution in [3.63, 3.8) is 0 Å². The van der Waals surface area contributed by atoms with Gasteiger partial charge in [-0.15, -0.1) is 0 Å². The molecule has 29 heavy (non-hydrogen) atoms. The highest BCUT2D eigenvalue weighted by molar-refractivity contribution is 5.82. The predicted molar refractivity (Wildman–Crippen MR) is 104 cm³/mol. The summed E-state index contributed by atoms with van der Waals surface area (Å²) in [5.41, 5.74) is 7.96. The van der Waals surface area contributed by atoms with Crippen LogP contribution in [0, 0.1) is 0 Å². The van der Waals surface area contributed by atoms with Gasteiger partial charge in [0.2, 0.25) is 12.7 Å². The van der Waals surface area contributed by atoms with Crippen LogP contribution in [0.15, 0.2) is 48.8 Å². The van der Waals surface area contributed by atoms with Crippen molar-refractivity contribution in [3.8, 4) is 17.2 Å². The van der Waals surface area contributed by atoms with E-state index < -0.39 is 0 Å². The smallest absolute Gasteiger partial charge is 0.238 e. The van der Waals surface area contributed by atoms with Crippen molar-refractivity contribution >= 4 is 11.6 Å². The van der Waals surface area contributed by atoms with Gasteiger partial charge in [-0.3, -0.25) is 10.2 Å². The topological polar surface area (TPSA) is 98.2 Å². The third-order valence-corrected chi connectivity index (χ3v) is 5.03. The summed E-state index contributed by atoms with van der Waals surface area (Å²) in [6.07, 6.45) is 4.34. The fourth-order valence-corrected chi connectivity index (χ4v) is 3.48. The van der Waals surface area contributed by atoms with E-state index in [-0.39, 0.29) is 24.8 Å². The number of amides is 1. The molecule has 0 spiro atoms. The van der Waals surface area contributed by atoms with Crippen molar-refractivity contribution in [1.29, 1.82) is 0 Å². The molecule has 0 radical (unpaired) electrons. The molecule has 2 aliphatic heterocycles. The highest BCUT2D eigenvalue weighted by Crippen LogP contribution is 2.35. The Morgan fingerprint density at radius 1 is 1.24 bits per heavy atom. The molecule has 2 aliphatic rings. The Labute approximate surface area is 166 Å². The van der Waals surface area contributed by atoms with E-state index in [2.05, 4.69) is 21.2 Å². The van der Waals surface area contributed by atoms with Gasteiger partial charge in [-0.25, -0.2) is 10.4 Å². The van der Waals surface area contributed by atoms with Gasteiger partial charge >= 0.3 is 0 Å². The lowest BCUT2D eigenvalue weighted by atomic mass is 10.1. The number of hydrazine groups is 1. The molecule has 9 heteroatoms. The number of aromatic nitrogens is 2. The van der Waals surface area contributed by atoms with E-state index in [0.717, 1.165) is 17.1 Å². The van der Waals surface area contributed by atoms with Crippen molar-refractivity contribution < 1.29 is 19.0 Å². The molecule has 3 N–H and O–H groups in total. The number of pyridine rings is 1. The van der Waals surface area contributed by atoms with Gasteiger partial charge in [0.05, 0.1) is 24.5 Å². The first kappa shape index (κ1) is 17.8. The second-order valence-electron chi connectivity index (χ2n) is 7.00. The summed E-state index contributed by atoms with van der Waals surface area (Å²) in [5, 5.41) is 2.97. The lowest BCUT2D eigenvalue weighted by Gasteiger charge is -2.12. The highest BCUT2D eigenvalue weighted by Gasteiger charge is 2.29. The first-order valence-electron chi connectivity index (χ1n) is 9.48. The summed E-state index contributed by atoms with van der Waals surface area (Å²) >= 11 is 0. The van der Waals surface area contributed by atoms with Gasteiger partial charge in [0.1, 0.15) is 24.0 Å². The number of nitrogens with one attached hydrogen (secondary N) is 3. The number of fused-ring (bicyclic) bond motifs is 2. The molecule has 1 amide bonds. The summed E-state index contributed by atoms with van der Waals surface area (Å²) in [7, 11) is 0. The van der Waals surface area contributed by atoms with E-state index in [4.69, 9.17) is 14.2 Å². The zero-order valence-electron chi connectivity index (χ0n) is 15.6. The minimum absolute atomic E-state index is 0.0203. The maximum atomic E-state index is 12.5. The quantitative estimate of drug-likeness (QED) is 0.573. The van der Waals surface area contributed by atoms with E-state index in [0.29, 0.717) is 31.1 Å². The van der Waals surface area contributed by atoms with Gasteiger partial charge in [0, 0.05) is 12.3 Å². The molecule has 0 aliphatic carbocycles. The van der Waals surface area contributed by atoms with Crippen molar-refractivity contribution in [2.24, 2.45) is 0 Å². The third-order valence-electron chi connectivity index (χ3n) is 5.03. The molecule has 2 unspecified atom stereocenters. The predicted octanol–water partition coefficient (Wildman–Crippen LogP) is 0.993. The number of benzene rings is 1. The van der Waals surface area contributed by atoms with Crippen molar-refractivity contribution in [2.75, 3.05) is 13.4 Å². The highest BCUT2D eigenvalue weighted by atomic mass is 16.7. The molecule has 0 bridgehead atoms. The lowest BCUT2D eigenvalue weighted by molar-refractivity contribution is -0.123. The number of nitrogens with zero attached hydrogens (tertiary/aromatic N) is 2. The number of hydrogen-bond acceptors (Lipinski definition) is 7. The molecule has 2 atom stereocenters. The molecule has 2 aromatic heterocycles. The van der Waals surface area contributed by atoms with Crippen LogP contribution in [0.4, 0.5) is 0 Å². The maximum absolute atomic E-state index is 12.5. The van der Waals surface area contributed by atoms with Crippen LogP contribution < -0.4 is 30.4 Å². The number of carbonyl (C=O) groups excluding carboxylic acids is 1. The summed E-state index contributed by atoms with van der Waals surface area (Å²) in [6.45, 7) is 1.09. The van der Waals surface area contributed by atoms with Crippen LogP contribution >= 0.6 is 0 Å². The van der Waals surface area contributed by atoms with E-state index in [9.17, 15) is 4.79 Å². The van der Waals surface area contributed by atoms with Crippen LogP contribution in [0.1, 0.15) is 12.1 Å². The average molecular weight is 395 g/mol. The van der Waals surface area contributed by atoms with Gasteiger partial charge in [-0.05, 0) is 30.7 Å². The molecule has 1 saturated heterocycles. The number of ether oxygens (including phenoxy) is 3. The van der Waals surface area contributed by atoms with E-state index in [1.54, 1.807) is 6.20 Å². The summed E-state index contributed by atoms with van der Waals surface area (Å²) in [5.74, 6) is 2.05. The molecule has 0 saturated carbocycles. The van der Waals surface area contributed by atoms with Crippen LogP contribution in [0.5, 0.6) is 17.2 Å². The Morgan fingerprint density at radius 3 is 3.14 bits per heavy atom. The number of rotatable bonds is 6. The number of carbonyl (C=O) groups is 1. The molecule has 1 aromatic carbocycles. The largest absolute Gasteiger partial charge is 0.492 e. The average Bonchev–Trinajstić information content (AvgIpc) is 3.49. The van der Waals surface area contributed by atoms with E-state index in [1.165, 1.54) is 0 Å². The molecule has 150 valence electrons. The Hall–Kier alpha value is -3.30. The second-order valence-corrected chi connectivity index (χ2v) is 7.00. The summed E-state index contributed by atoms with van der Waals surface area (Å²) in [6, 6.07) is 11.0. The van der Waals surface area contributed by atoms with Crippen LogP contribution in [0.25, 0.3) is 5.65 Å². The first-order valence-corrected chi connectivity index (χ1v) is 9.48. The standard InChI is InChI=1S/C20H21N5O4/c26-20(22-10-14-9-21-19-3-1-2-6-25(14)19)16-7-13(23-24-16)11-27-15-4-5-17-18(8-15)29-12-28-17/h1-6,8-9,13,16,23-24H,7,10-12H2,(H,22,26). The zero-order chi connectivity index (χ0) is 19.6. The van der Waals surface area contributed by atoms with Gasteiger partial charge in [-0.2, -0.15) is 0 Å². The molecule has 9 nitrogen and oxygen atoms in total. The summed E-state index contributed by atoms with van der Waals surface area (Å²) in [4.78, 5) is 16.8. The zero-order valence-corrected chi connectivity index (χ0v) is 15.6. The fourth-order valence-electron chi connectivity index (χ4n) is 3.48. The van der Waals surface area contributed by atoms with Gasteiger partial charge in [-0.1, -0.05) is 6.07 Å². The Morgan fingerprint density at radius 2 is 2.17 bits per heavy atom. The van der Waals surface area contributed by atoms with E-state index >= 15 is 0 Å². The lowest BCUT2D eigenvalue weighted by Crippen LogP contribution is -2.43. The van der Waals surface area contributed by atoms with Crippen molar-refractivity contribution in [3.05, 3.63) is 54.5 Å². The van der Waals surface area contributed by atoms with Gasteiger partial charge < -0.3 is 23.9 Å². The van der Waals surface area contributed by atoms with E-state index in [1.807, 2.05) is 47.0 Å². The van der Waals surface area contributed by atoms with Crippen LogP contribution in [0.3, 0.4) is 0 Å². The van der Waals surface area contributed by atoms with Crippen LogP contribution in [-0.4, -0.2) is 40.8 Å². The molecule has 5 rings (SSSR count). The van der Waals surface area contributed by atoms with Gasteiger partial charge in [0.25, 0.3) is 0 Å². The van der Waals surface area contributed by atoms with Crippen molar-refractivity contribution in [2.45, 2.75) is 25.0 Å². The first-order chi connectivity index (χ1) is 14.3. The monoisotopic (exact) mass is 395 g/mol. The van der Waals surface area contributed by atoms with Gasteiger partial charge in [0.15, 0.2) is 11.5 Å².